The van der Waals surface area contributed by atoms with Crippen molar-refractivity contribution in [3.8, 4) is 0 Å². The van der Waals surface area contributed by atoms with Crippen molar-refractivity contribution in [1.29, 1.82) is 0 Å². The van der Waals surface area contributed by atoms with Gasteiger partial charge in [-0.25, -0.2) is 4.79 Å². The average Bonchev–Trinajstić information content (AvgIpc) is 3.00. The van der Waals surface area contributed by atoms with Crippen LogP contribution in [0.5, 0.6) is 0 Å². The largest absolute Gasteiger partial charge is 0.480 e. The molecule has 1 fully saturated rings. The molecule has 0 amide bonds. The Morgan fingerprint density at radius 1 is 1.46 bits per heavy atom. The summed E-state index contributed by atoms with van der Waals surface area (Å²) < 4.78 is 64.9. The molecule has 0 spiro atoms. The van der Waals surface area contributed by atoms with Gasteiger partial charge in [-0.2, -0.15) is 0 Å². The molecular formula is C18H18O6. The van der Waals surface area contributed by atoms with Gasteiger partial charge in [0.1, 0.15) is 5.60 Å². The Balaban J connectivity index is 2.31. The zero-order chi connectivity index (χ0) is 22.5. The predicted octanol–water partition coefficient (Wildman–Crippen LogP) is 1.89. The summed E-state index contributed by atoms with van der Waals surface area (Å²) in [5.41, 5.74) is -3.43. The minimum Gasteiger partial charge on any atom is -0.480 e. The second-order valence-corrected chi connectivity index (χ2v) is 5.24. The van der Waals surface area contributed by atoms with E-state index in [1.54, 1.807) is 6.07 Å². The van der Waals surface area contributed by atoms with Crippen LogP contribution in [0.4, 0.5) is 0 Å². The minimum atomic E-state index is -3.47. The first-order valence-corrected chi connectivity index (χ1v) is 7.09. The van der Waals surface area contributed by atoms with E-state index in [0.717, 1.165) is 13.2 Å². The third-order valence-corrected chi connectivity index (χ3v) is 3.74. The summed E-state index contributed by atoms with van der Waals surface area (Å²) in [5.74, 6) is -8.53. The van der Waals surface area contributed by atoms with E-state index in [-0.39, 0.29) is 5.56 Å². The van der Waals surface area contributed by atoms with Crippen molar-refractivity contribution in [2.24, 2.45) is 11.8 Å². The number of rotatable bonds is 4. The van der Waals surface area contributed by atoms with Crippen molar-refractivity contribution in [3.63, 3.8) is 0 Å². The Hall–Kier alpha value is -2.63. The molecule has 1 aromatic rings. The van der Waals surface area contributed by atoms with Gasteiger partial charge in [0.05, 0.1) is 31.9 Å². The standard InChI is InChI=1S/C18H18O6/c1-18(9-14(19)11-6-4-3-5-7-11)13-10-23-16(20)12(13)8-15(24-18)17(21)22-2/h3-8,12-13H,9-10H2,1-2H3/t12-,13-,18-/m1/s1/i1D3,9D2,13D. The second-order valence-electron chi connectivity index (χ2n) is 5.24. The van der Waals surface area contributed by atoms with Gasteiger partial charge in [-0.3, -0.25) is 9.59 Å². The molecule has 2 aliphatic heterocycles. The van der Waals surface area contributed by atoms with Crippen LogP contribution in [-0.2, 0) is 23.8 Å². The maximum Gasteiger partial charge on any atom is 0.373 e. The Morgan fingerprint density at radius 3 is 2.88 bits per heavy atom. The smallest absolute Gasteiger partial charge is 0.373 e. The lowest BCUT2D eigenvalue weighted by molar-refractivity contribution is -0.148. The summed E-state index contributed by atoms with van der Waals surface area (Å²) in [6.45, 7) is -4.32. The fraction of sp³-hybridized carbons (Fsp3) is 0.389. The third kappa shape index (κ3) is 2.79. The Bertz CT molecular complexity index is 927. The minimum absolute atomic E-state index is 0.172. The molecule has 0 unspecified atom stereocenters. The van der Waals surface area contributed by atoms with Crippen molar-refractivity contribution >= 4 is 17.7 Å². The van der Waals surface area contributed by atoms with Crippen LogP contribution in [0.1, 0.15) is 31.8 Å². The van der Waals surface area contributed by atoms with Crippen LogP contribution in [0.15, 0.2) is 42.2 Å². The number of methoxy groups -OCH3 is 1. The van der Waals surface area contributed by atoms with Crippen LogP contribution in [-0.4, -0.2) is 37.0 Å². The van der Waals surface area contributed by atoms with Gasteiger partial charge in [0.2, 0.25) is 5.76 Å². The van der Waals surface area contributed by atoms with E-state index in [0.29, 0.717) is 0 Å². The molecule has 1 saturated heterocycles. The van der Waals surface area contributed by atoms with Crippen LogP contribution in [0.3, 0.4) is 0 Å². The summed E-state index contributed by atoms with van der Waals surface area (Å²) in [7, 11) is 0.975. The highest BCUT2D eigenvalue weighted by atomic mass is 16.6. The SMILES string of the molecule is [2H]C([2H])([2H])[C@]1(C([2H])([2H])C(=O)c2ccccc2)OC(C(=O)OC)=C[C@H]2C(=O)OC[C@]21[2H]. The molecule has 3 atom stereocenters. The van der Waals surface area contributed by atoms with Crippen molar-refractivity contribution < 1.29 is 36.8 Å². The number of Topliss-reactive ketones (excluding diaryl/α,β-unsaturated/α-hetero) is 1. The molecule has 0 aromatic heterocycles. The summed E-state index contributed by atoms with van der Waals surface area (Å²) in [6, 6.07) is 7.03. The molecular weight excluding hydrogens is 312 g/mol. The number of hydrogen-bond acceptors (Lipinski definition) is 6. The van der Waals surface area contributed by atoms with Gasteiger partial charge in [-0.05, 0) is 12.9 Å². The maximum atomic E-state index is 13.1. The van der Waals surface area contributed by atoms with E-state index in [2.05, 4.69) is 4.74 Å². The first kappa shape index (κ1) is 10.3. The first-order valence-electron chi connectivity index (χ1n) is 10.1. The summed E-state index contributed by atoms with van der Waals surface area (Å²) in [6.07, 6.45) is -2.50. The Morgan fingerprint density at radius 2 is 2.21 bits per heavy atom. The van der Waals surface area contributed by atoms with Gasteiger partial charge >= 0.3 is 11.9 Å². The molecule has 3 rings (SSSR count). The van der Waals surface area contributed by atoms with Crippen LogP contribution in [0, 0.1) is 11.8 Å². The van der Waals surface area contributed by atoms with Crippen LogP contribution < -0.4 is 0 Å². The van der Waals surface area contributed by atoms with Crippen LogP contribution >= 0.6 is 0 Å². The number of hydrogen-bond donors (Lipinski definition) is 0. The van der Waals surface area contributed by atoms with E-state index in [4.69, 9.17) is 17.7 Å². The van der Waals surface area contributed by atoms with Gasteiger partial charge in [-0.1, -0.05) is 30.3 Å². The van der Waals surface area contributed by atoms with Crippen molar-refractivity contribution in [1.82, 2.24) is 0 Å². The molecule has 2 heterocycles. The third-order valence-electron chi connectivity index (χ3n) is 3.74. The molecule has 2 aliphatic rings. The number of carbonyl (C=O) groups is 3. The van der Waals surface area contributed by atoms with Crippen molar-refractivity contribution in [2.75, 3.05) is 13.7 Å². The molecule has 0 radical (unpaired) electrons. The van der Waals surface area contributed by atoms with E-state index in [1.807, 2.05) is 0 Å². The molecule has 24 heavy (non-hydrogen) atoms. The van der Waals surface area contributed by atoms with Crippen LogP contribution in [0.25, 0.3) is 0 Å². The normalized spacial score (nSPS) is 36.1. The number of ether oxygens (including phenoxy) is 3. The monoisotopic (exact) mass is 336 g/mol. The lowest BCUT2D eigenvalue weighted by atomic mass is 9.75. The predicted molar refractivity (Wildman–Crippen MR) is 82.9 cm³/mol. The van der Waals surface area contributed by atoms with Gasteiger partial charge < -0.3 is 14.2 Å². The number of cyclic esters (lactones) is 1. The average molecular weight is 336 g/mol. The molecule has 0 saturated carbocycles. The summed E-state index contributed by atoms with van der Waals surface area (Å²) in [5, 5.41) is 0. The lowest BCUT2D eigenvalue weighted by Crippen LogP contribution is -2.47. The highest BCUT2D eigenvalue weighted by Crippen LogP contribution is 2.43. The Labute approximate surface area is 147 Å². The maximum absolute atomic E-state index is 13.1. The summed E-state index contributed by atoms with van der Waals surface area (Å²) >= 11 is 0. The molecule has 1 aromatic carbocycles. The molecule has 126 valence electrons. The highest BCUT2D eigenvalue weighted by molar-refractivity contribution is 5.97. The van der Waals surface area contributed by atoms with Gasteiger partial charge in [0.25, 0.3) is 0 Å². The zero-order valence-electron chi connectivity index (χ0n) is 18.7. The summed E-state index contributed by atoms with van der Waals surface area (Å²) in [4.78, 5) is 37.5. The second kappa shape index (κ2) is 6.11. The van der Waals surface area contributed by atoms with Crippen molar-refractivity contribution in [3.05, 3.63) is 47.7 Å². The molecule has 0 aliphatic carbocycles. The molecule has 0 bridgehead atoms. The fourth-order valence-corrected chi connectivity index (χ4v) is 2.51. The zero-order valence-corrected chi connectivity index (χ0v) is 12.7. The first-order chi connectivity index (χ1) is 13.8. The number of carbonyl (C=O) groups excluding carboxylic acids is 3. The fourth-order valence-electron chi connectivity index (χ4n) is 2.51. The van der Waals surface area contributed by atoms with Gasteiger partial charge in [0.15, 0.2) is 5.78 Å². The van der Waals surface area contributed by atoms with E-state index in [9.17, 15) is 14.4 Å². The van der Waals surface area contributed by atoms with Crippen LogP contribution in [0.2, 0.25) is 0 Å². The number of ketones is 1. The topological polar surface area (TPSA) is 78.9 Å². The van der Waals surface area contributed by atoms with Gasteiger partial charge in [-0.15, -0.1) is 0 Å². The highest BCUT2D eigenvalue weighted by Gasteiger charge is 2.53. The number of benzene rings is 1. The lowest BCUT2D eigenvalue weighted by Gasteiger charge is -2.39. The van der Waals surface area contributed by atoms with E-state index >= 15 is 0 Å². The molecule has 6 nitrogen and oxygen atoms in total. The Kier molecular flexibility index (Phi) is 2.62. The van der Waals surface area contributed by atoms with E-state index in [1.165, 1.54) is 24.3 Å². The molecule has 0 N–H and O–H groups in total. The van der Waals surface area contributed by atoms with Crippen molar-refractivity contribution in [2.45, 2.75) is 18.8 Å². The van der Waals surface area contributed by atoms with E-state index < -0.39 is 60.7 Å². The molecule has 6 heteroatoms. The quantitative estimate of drug-likeness (QED) is 0.617. The number of fused-ring (bicyclic) bond motifs is 1. The van der Waals surface area contributed by atoms with Gasteiger partial charge in [0, 0.05) is 13.8 Å². The number of esters is 2.